The summed E-state index contributed by atoms with van der Waals surface area (Å²) in [5.41, 5.74) is 0.836. The first-order valence-corrected chi connectivity index (χ1v) is 8.41. The van der Waals surface area contributed by atoms with E-state index in [4.69, 9.17) is 9.47 Å². The molecular weight excluding hydrogens is 335 g/mol. The molecule has 1 aliphatic rings. The summed E-state index contributed by atoms with van der Waals surface area (Å²) < 4.78 is 49.6. The molecule has 0 spiro atoms. The Morgan fingerprint density at radius 1 is 1.12 bits per heavy atom. The van der Waals surface area contributed by atoms with E-state index in [0.717, 1.165) is 5.56 Å². The van der Waals surface area contributed by atoms with Gasteiger partial charge in [-0.1, -0.05) is 12.8 Å². The molecule has 0 radical (unpaired) electrons. The van der Waals surface area contributed by atoms with Gasteiger partial charge >= 0.3 is 6.18 Å². The van der Waals surface area contributed by atoms with Gasteiger partial charge in [0.25, 0.3) is 0 Å². The van der Waals surface area contributed by atoms with Crippen molar-refractivity contribution in [1.29, 1.82) is 0 Å². The molecule has 0 aliphatic heterocycles. The molecule has 1 saturated carbocycles. The van der Waals surface area contributed by atoms with E-state index in [1.54, 1.807) is 18.2 Å². The smallest absolute Gasteiger partial charge is 0.393 e. The van der Waals surface area contributed by atoms with Gasteiger partial charge in [0.15, 0.2) is 0 Å². The highest BCUT2D eigenvalue weighted by molar-refractivity contribution is 5.76. The molecule has 0 heterocycles. The molecule has 1 aromatic carbocycles. The summed E-state index contributed by atoms with van der Waals surface area (Å²) >= 11 is 0. The lowest BCUT2D eigenvalue weighted by Crippen LogP contribution is -2.47. The Labute approximate surface area is 145 Å². The number of methoxy groups -OCH3 is 2. The van der Waals surface area contributed by atoms with Gasteiger partial charge in [0.05, 0.1) is 20.1 Å². The van der Waals surface area contributed by atoms with Crippen molar-refractivity contribution in [2.75, 3.05) is 14.2 Å². The Hall–Kier alpha value is -1.92. The molecule has 25 heavy (non-hydrogen) atoms. The van der Waals surface area contributed by atoms with E-state index >= 15 is 0 Å². The van der Waals surface area contributed by atoms with Crippen LogP contribution in [0.1, 0.15) is 37.7 Å². The maximum Gasteiger partial charge on any atom is 0.393 e. The Morgan fingerprint density at radius 2 is 1.72 bits per heavy atom. The summed E-state index contributed by atoms with van der Waals surface area (Å²) in [6.45, 7) is 0. The first kappa shape index (κ1) is 19.4. The van der Waals surface area contributed by atoms with Crippen LogP contribution in [0.4, 0.5) is 13.2 Å². The zero-order valence-corrected chi connectivity index (χ0v) is 14.5. The molecular formula is C18H24F3NO3. The first-order valence-electron chi connectivity index (χ1n) is 8.41. The van der Waals surface area contributed by atoms with Gasteiger partial charge in [-0.05, 0) is 37.0 Å². The average Bonchev–Trinajstić information content (AvgIpc) is 2.59. The SMILES string of the molecule is COc1cc(CCC(=O)NC2CCCCC2C(F)(F)F)cc(OC)c1. The Bertz CT molecular complexity index is 567. The highest BCUT2D eigenvalue weighted by atomic mass is 19.4. The van der Waals surface area contributed by atoms with E-state index in [1.807, 2.05) is 0 Å². The Morgan fingerprint density at radius 3 is 2.28 bits per heavy atom. The highest BCUT2D eigenvalue weighted by Crippen LogP contribution is 2.37. The van der Waals surface area contributed by atoms with Gasteiger partial charge in [-0.25, -0.2) is 0 Å². The number of hydrogen-bond acceptors (Lipinski definition) is 3. The van der Waals surface area contributed by atoms with Crippen LogP contribution in [0.15, 0.2) is 18.2 Å². The first-order chi connectivity index (χ1) is 11.8. The molecule has 1 aromatic rings. The number of amides is 1. The van der Waals surface area contributed by atoms with Crippen molar-refractivity contribution in [2.24, 2.45) is 5.92 Å². The number of alkyl halides is 3. The van der Waals surface area contributed by atoms with Gasteiger partial charge in [0.1, 0.15) is 11.5 Å². The molecule has 1 fully saturated rings. The summed E-state index contributed by atoms with van der Waals surface area (Å²) in [6, 6.07) is 4.48. The van der Waals surface area contributed by atoms with Crippen molar-refractivity contribution in [1.82, 2.24) is 5.32 Å². The Kier molecular flexibility index (Phi) is 6.56. The van der Waals surface area contributed by atoms with E-state index in [1.165, 1.54) is 14.2 Å². The third-order valence-electron chi connectivity index (χ3n) is 4.58. The van der Waals surface area contributed by atoms with Crippen molar-refractivity contribution in [3.63, 3.8) is 0 Å². The number of aryl methyl sites for hydroxylation is 1. The summed E-state index contributed by atoms with van der Waals surface area (Å²) in [4.78, 5) is 12.1. The number of ether oxygens (including phenoxy) is 2. The molecule has 140 valence electrons. The third kappa shape index (κ3) is 5.54. The number of carbonyl (C=O) groups is 1. The quantitative estimate of drug-likeness (QED) is 0.839. The van der Waals surface area contributed by atoms with Gasteiger partial charge in [-0.3, -0.25) is 4.79 Å². The van der Waals surface area contributed by atoms with E-state index < -0.39 is 18.1 Å². The van der Waals surface area contributed by atoms with Gasteiger partial charge in [0, 0.05) is 18.5 Å². The zero-order chi connectivity index (χ0) is 18.4. The van der Waals surface area contributed by atoms with Crippen LogP contribution in [0.3, 0.4) is 0 Å². The highest BCUT2D eigenvalue weighted by Gasteiger charge is 2.45. The fourth-order valence-corrected chi connectivity index (χ4v) is 3.24. The summed E-state index contributed by atoms with van der Waals surface area (Å²) in [7, 11) is 3.07. The summed E-state index contributed by atoms with van der Waals surface area (Å²) in [6.07, 6.45) is -2.01. The lowest BCUT2D eigenvalue weighted by atomic mass is 9.84. The Balaban J connectivity index is 1.94. The fourth-order valence-electron chi connectivity index (χ4n) is 3.24. The zero-order valence-electron chi connectivity index (χ0n) is 14.5. The molecule has 2 rings (SSSR count). The minimum absolute atomic E-state index is 0.0849. The van der Waals surface area contributed by atoms with Gasteiger partial charge in [0.2, 0.25) is 5.91 Å². The minimum Gasteiger partial charge on any atom is -0.497 e. The van der Waals surface area contributed by atoms with Crippen LogP contribution in [0.5, 0.6) is 11.5 Å². The molecule has 0 aromatic heterocycles. The minimum atomic E-state index is -4.27. The van der Waals surface area contributed by atoms with Crippen molar-refractivity contribution >= 4 is 5.91 Å². The molecule has 2 unspecified atom stereocenters. The van der Waals surface area contributed by atoms with Crippen molar-refractivity contribution in [3.05, 3.63) is 23.8 Å². The van der Waals surface area contributed by atoms with Crippen molar-refractivity contribution in [3.8, 4) is 11.5 Å². The number of benzene rings is 1. The van der Waals surface area contributed by atoms with Crippen LogP contribution in [0.25, 0.3) is 0 Å². The van der Waals surface area contributed by atoms with Crippen LogP contribution in [0.2, 0.25) is 0 Å². The fraction of sp³-hybridized carbons (Fsp3) is 0.611. The van der Waals surface area contributed by atoms with Gasteiger partial charge in [-0.15, -0.1) is 0 Å². The second-order valence-corrected chi connectivity index (χ2v) is 6.33. The predicted molar refractivity (Wildman–Crippen MR) is 87.8 cm³/mol. The third-order valence-corrected chi connectivity index (χ3v) is 4.58. The number of carbonyl (C=O) groups excluding carboxylic acids is 1. The average molecular weight is 359 g/mol. The topological polar surface area (TPSA) is 47.6 Å². The van der Waals surface area contributed by atoms with Crippen LogP contribution in [-0.2, 0) is 11.2 Å². The second-order valence-electron chi connectivity index (χ2n) is 6.33. The van der Waals surface area contributed by atoms with E-state index in [9.17, 15) is 18.0 Å². The van der Waals surface area contributed by atoms with Crippen molar-refractivity contribution < 1.29 is 27.4 Å². The maximum atomic E-state index is 13.1. The van der Waals surface area contributed by atoms with Gasteiger partial charge in [-0.2, -0.15) is 13.2 Å². The van der Waals surface area contributed by atoms with Crippen molar-refractivity contribution in [2.45, 2.75) is 50.7 Å². The maximum absolute atomic E-state index is 13.1. The molecule has 1 amide bonds. The molecule has 1 aliphatic carbocycles. The lowest BCUT2D eigenvalue weighted by Gasteiger charge is -2.33. The molecule has 2 atom stereocenters. The number of halogens is 3. The lowest BCUT2D eigenvalue weighted by molar-refractivity contribution is -0.189. The monoisotopic (exact) mass is 359 g/mol. The number of rotatable bonds is 6. The van der Waals surface area contributed by atoms with Crippen LogP contribution >= 0.6 is 0 Å². The molecule has 0 saturated heterocycles. The number of nitrogens with one attached hydrogen (secondary N) is 1. The normalized spacial score (nSPS) is 20.8. The summed E-state index contributed by atoms with van der Waals surface area (Å²) in [5.74, 6) is -0.580. The van der Waals surface area contributed by atoms with E-state index in [0.29, 0.717) is 37.2 Å². The van der Waals surface area contributed by atoms with Gasteiger partial charge < -0.3 is 14.8 Å². The standard InChI is InChI=1S/C18H24F3NO3/c1-24-13-9-12(10-14(11-13)25-2)7-8-17(23)22-16-6-4-3-5-15(16)18(19,20)21/h9-11,15-16H,3-8H2,1-2H3,(H,22,23). The second kappa shape index (κ2) is 8.45. The van der Waals surface area contributed by atoms with Crippen LogP contribution in [0, 0.1) is 5.92 Å². The molecule has 0 bridgehead atoms. The van der Waals surface area contributed by atoms with Crippen LogP contribution < -0.4 is 14.8 Å². The van der Waals surface area contributed by atoms with E-state index in [2.05, 4.69) is 5.32 Å². The summed E-state index contributed by atoms with van der Waals surface area (Å²) in [5, 5.41) is 2.58. The predicted octanol–water partition coefficient (Wildman–Crippen LogP) is 3.87. The molecule has 1 N–H and O–H groups in total. The molecule has 4 nitrogen and oxygen atoms in total. The largest absolute Gasteiger partial charge is 0.497 e. The molecule has 7 heteroatoms. The van der Waals surface area contributed by atoms with Crippen LogP contribution in [-0.4, -0.2) is 32.3 Å². The van der Waals surface area contributed by atoms with E-state index in [-0.39, 0.29) is 18.7 Å². The number of hydrogen-bond donors (Lipinski definition) is 1.